The normalized spacial score (nSPS) is 17.6. The van der Waals surface area contributed by atoms with Gasteiger partial charge in [0.25, 0.3) is 0 Å². The van der Waals surface area contributed by atoms with Crippen LogP contribution in [0.2, 0.25) is 0 Å². The Morgan fingerprint density at radius 3 is 2.48 bits per heavy atom. The fourth-order valence-corrected chi connectivity index (χ4v) is 2.38. The molecular weight excluding hydrogens is 322 g/mol. The molecule has 0 saturated carbocycles. The van der Waals surface area contributed by atoms with Crippen LogP contribution in [0.1, 0.15) is 26.3 Å². The number of carbonyl (C=O) groups excluding carboxylic acids is 2. The van der Waals surface area contributed by atoms with Crippen molar-refractivity contribution in [3.05, 3.63) is 47.3 Å². The summed E-state index contributed by atoms with van der Waals surface area (Å²) in [6.45, 7) is 13.5. The van der Waals surface area contributed by atoms with Crippen molar-refractivity contribution < 1.29 is 19.1 Å². The van der Waals surface area contributed by atoms with E-state index < -0.39 is 24.0 Å². The molecule has 0 unspecified atom stereocenters. The lowest BCUT2D eigenvalue weighted by atomic mass is 10.2. The van der Waals surface area contributed by atoms with Gasteiger partial charge in [0.15, 0.2) is 0 Å². The summed E-state index contributed by atoms with van der Waals surface area (Å²) in [7, 11) is 0. The van der Waals surface area contributed by atoms with Gasteiger partial charge < -0.3 is 9.47 Å². The highest BCUT2D eigenvalue weighted by atomic mass is 16.6. The van der Waals surface area contributed by atoms with E-state index >= 15 is 0 Å². The van der Waals surface area contributed by atoms with Crippen LogP contribution in [0.4, 0.5) is 9.59 Å². The third-order valence-corrected chi connectivity index (χ3v) is 3.59. The Bertz CT molecular complexity index is 649. The predicted octanol–water partition coefficient (Wildman–Crippen LogP) is 3.12. The summed E-state index contributed by atoms with van der Waals surface area (Å²) < 4.78 is 10.6. The largest absolute Gasteiger partial charge is 0.444 e. The van der Waals surface area contributed by atoms with E-state index in [0.29, 0.717) is 6.54 Å². The number of nitrogens with zero attached hydrogens (tertiary/aromatic N) is 3. The second-order valence-corrected chi connectivity index (χ2v) is 6.77. The van der Waals surface area contributed by atoms with Crippen LogP contribution in [0, 0.1) is 6.57 Å². The first-order chi connectivity index (χ1) is 11.8. The van der Waals surface area contributed by atoms with E-state index in [1.807, 2.05) is 30.3 Å². The first-order valence-corrected chi connectivity index (χ1v) is 8.12. The van der Waals surface area contributed by atoms with Crippen LogP contribution in [-0.4, -0.2) is 53.4 Å². The molecule has 1 heterocycles. The summed E-state index contributed by atoms with van der Waals surface area (Å²) in [6.07, 6.45) is -1.79. The molecule has 1 atom stereocenters. The lowest BCUT2D eigenvalue weighted by molar-refractivity contribution is 0.00598. The number of hydrogen-bond acceptors (Lipinski definition) is 4. The summed E-state index contributed by atoms with van der Waals surface area (Å²) in [5, 5.41) is 0. The first kappa shape index (κ1) is 18.6. The van der Waals surface area contributed by atoms with E-state index in [1.165, 1.54) is 9.80 Å². The summed E-state index contributed by atoms with van der Waals surface area (Å²) in [4.78, 5) is 30.7. The quantitative estimate of drug-likeness (QED) is 0.773. The second-order valence-electron chi connectivity index (χ2n) is 6.77. The topological polar surface area (TPSA) is 63.4 Å². The van der Waals surface area contributed by atoms with Crippen molar-refractivity contribution in [3.8, 4) is 0 Å². The highest BCUT2D eigenvalue weighted by Gasteiger charge is 2.38. The van der Waals surface area contributed by atoms with Crippen molar-refractivity contribution in [1.29, 1.82) is 0 Å². The molecule has 1 saturated heterocycles. The highest BCUT2D eigenvalue weighted by Crippen LogP contribution is 2.17. The average Bonchev–Trinajstić information content (AvgIpc) is 2.58. The van der Waals surface area contributed by atoms with E-state index in [0.717, 1.165) is 5.56 Å². The van der Waals surface area contributed by atoms with Gasteiger partial charge in [-0.1, -0.05) is 30.3 Å². The Balaban J connectivity index is 1.92. The summed E-state index contributed by atoms with van der Waals surface area (Å²) in [5.74, 6) is 0. The predicted molar refractivity (Wildman–Crippen MR) is 91.5 cm³/mol. The van der Waals surface area contributed by atoms with Crippen molar-refractivity contribution in [1.82, 2.24) is 9.80 Å². The maximum atomic E-state index is 12.3. The van der Waals surface area contributed by atoms with Gasteiger partial charge in [0.1, 0.15) is 18.8 Å². The standard InChI is InChI=1S/C18H23N3O4/c1-18(2,3)25-16(22)20-10-11-21(15(12-20)19-4)17(23)24-13-14-8-6-5-7-9-14/h5-9,15H,10-13H2,1-3H3/t15-/m0/s1. The molecule has 0 aromatic heterocycles. The fourth-order valence-electron chi connectivity index (χ4n) is 2.38. The molecule has 7 heteroatoms. The van der Waals surface area contributed by atoms with Gasteiger partial charge in [-0.25, -0.2) is 21.1 Å². The van der Waals surface area contributed by atoms with Crippen molar-refractivity contribution in [3.63, 3.8) is 0 Å². The Morgan fingerprint density at radius 1 is 1.20 bits per heavy atom. The molecule has 25 heavy (non-hydrogen) atoms. The zero-order valence-corrected chi connectivity index (χ0v) is 14.8. The van der Waals surface area contributed by atoms with Crippen LogP contribution in [-0.2, 0) is 16.1 Å². The molecule has 1 aliphatic heterocycles. The monoisotopic (exact) mass is 345 g/mol. The second kappa shape index (κ2) is 7.88. The molecule has 7 nitrogen and oxygen atoms in total. The maximum absolute atomic E-state index is 12.3. The van der Waals surface area contributed by atoms with Crippen LogP contribution in [0.25, 0.3) is 4.85 Å². The Hall–Kier alpha value is -2.75. The lowest BCUT2D eigenvalue weighted by Crippen LogP contribution is -2.56. The van der Waals surface area contributed by atoms with Crippen LogP contribution in [0.15, 0.2) is 30.3 Å². The number of rotatable bonds is 2. The Kier molecular flexibility index (Phi) is 5.86. The molecule has 0 radical (unpaired) electrons. The average molecular weight is 345 g/mol. The number of ether oxygens (including phenoxy) is 2. The minimum Gasteiger partial charge on any atom is -0.444 e. The molecule has 134 valence electrons. The zero-order chi connectivity index (χ0) is 18.4. The molecule has 0 bridgehead atoms. The third kappa shape index (κ3) is 5.38. The van der Waals surface area contributed by atoms with Gasteiger partial charge in [-0.15, -0.1) is 0 Å². The minimum absolute atomic E-state index is 0.110. The van der Waals surface area contributed by atoms with Crippen molar-refractivity contribution in [2.24, 2.45) is 0 Å². The first-order valence-electron chi connectivity index (χ1n) is 8.12. The van der Waals surface area contributed by atoms with Gasteiger partial charge >= 0.3 is 18.4 Å². The smallest absolute Gasteiger partial charge is 0.416 e. The van der Waals surface area contributed by atoms with Gasteiger partial charge in [-0.2, -0.15) is 0 Å². The van der Waals surface area contributed by atoms with Crippen molar-refractivity contribution in [2.45, 2.75) is 39.1 Å². The molecule has 0 N–H and O–H groups in total. The van der Waals surface area contributed by atoms with Crippen LogP contribution < -0.4 is 0 Å². The maximum Gasteiger partial charge on any atom is 0.416 e. The molecule has 2 amide bonds. The lowest BCUT2D eigenvalue weighted by Gasteiger charge is -2.35. The van der Waals surface area contributed by atoms with Gasteiger partial charge in [0, 0.05) is 13.1 Å². The Morgan fingerprint density at radius 2 is 1.88 bits per heavy atom. The van der Waals surface area contributed by atoms with E-state index in [4.69, 9.17) is 16.0 Å². The van der Waals surface area contributed by atoms with Crippen LogP contribution >= 0.6 is 0 Å². The van der Waals surface area contributed by atoms with E-state index in [9.17, 15) is 9.59 Å². The molecule has 0 spiro atoms. The van der Waals surface area contributed by atoms with Crippen molar-refractivity contribution >= 4 is 12.2 Å². The minimum atomic E-state index is -0.774. The number of hydrogen-bond donors (Lipinski definition) is 0. The van der Waals surface area contributed by atoms with Crippen LogP contribution in [0.5, 0.6) is 0 Å². The van der Waals surface area contributed by atoms with Gasteiger partial charge in [-0.3, -0.25) is 9.74 Å². The van der Waals surface area contributed by atoms with Gasteiger partial charge in [0.05, 0.1) is 0 Å². The van der Waals surface area contributed by atoms with Gasteiger partial charge in [-0.05, 0) is 26.3 Å². The summed E-state index contributed by atoms with van der Waals surface area (Å²) in [6, 6.07) is 9.34. The SMILES string of the molecule is [C-]#[N+][C@@H]1CN(C(=O)OC(C)(C)C)CCN1C(=O)OCc1ccccc1. The third-order valence-electron chi connectivity index (χ3n) is 3.59. The number of benzene rings is 1. The zero-order valence-electron chi connectivity index (χ0n) is 14.8. The van der Waals surface area contributed by atoms with E-state index in [-0.39, 0.29) is 19.7 Å². The molecular formula is C18H23N3O4. The molecule has 0 aliphatic carbocycles. The molecule has 2 rings (SSSR count). The number of piperazine rings is 1. The van der Waals surface area contributed by atoms with Crippen molar-refractivity contribution in [2.75, 3.05) is 19.6 Å². The fraction of sp³-hybridized carbons (Fsp3) is 0.500. The van der Waals surface area contributed by atoms with Gasteiger partial charge in [0.2, 0.25) is 0 Å². The van der Waals surface area contributed by atoms with Crippen LogP contribution in [0.3, 0.4) is 0 Å². The Labute approximate surface area is 147 Å². The highest BCUT2D eigenvalue weighted by molar-refractivity contribution is 5.71. The summed E-state index contributed by atoms with van der Waals surface area (Å²) >= 11 is 0. The van der Waals surface area contributed by atoms with E-state index in [1.54, 1.807) is 20.8 Å². The molecule has 1 aromatic carbocycles. The number of amides is 2. The molecule has 1 fully saturated rings. The molecule has 1 aliphatic rings. The van der Waals surface area contributed by atoms with E-state index in [2.05, 4.69) is 4.85 Å². The number of carbonyl (C=O) groups is 2. The molecule has 1 aromatic rings. The summed E-state index contributed by atoms with van der Waals surface area (Å²) in [5.41, 5.74) is 0.277.